The molecule has 0 radical (unpaired) electrons. The van der Waals surface area contributed by atoms with Gasteiger partial charge in [0.25, 0.3) is 5.91 Å². The Labute approximate surface area is 118 Å². The average molecular weight is 276 g/mol. The highest BCUT2D eigenvalue weighted by atomic mass is 16.4. The van der Waals surface area contributed by atoms with E-state index in [1.54, 1.807) is 12.1 Å². The van der Waals surface area contributed by atoms with Crippen LogP contribution in [0.25, 0.3) is 0 Å². The predicted molar refractivity (Wildman–Crippen MR) is 76.0 cm³/mol. The van der Waals surface area contributed by atoms with Crippen LogP contribution in [-0.2, 0) is 0 Å². The molecule has 20 heavy (non-hydrogen) atoms. The van der Waals surface area contributed by atoms with E-state index < -0.39 is 5.97 Å². The summed E-state index contributed by atoms with van der Waals surface area (Å²) in [5.41, 5.74) is 0.676. The Bertz CT molecular complexity index is 478. The van der Waals surface area contributed by atoms with E-state index in [1.807, 2.05) is 6.92 Å². The van der Waals surface area contributed by atoms with Crippen LogP contribution in [0, 0.1) is 0 Å². The highest BCUT2D eigenvalue weighted by molar-refractivity contribution is 5.96. The van der Waals surface area contributed by atoms with Gasteiger partial charge < -0.3 is 15.3 Å². The van der Waals surface area contributed by atoms with Crippen molar-refractivity contribution in [1.29, 1.82) is 0 Å². The summed E-state index contributed by atoms with van der Waals surface area (Å²) in [5.74, 6) is -1.15. The van der Waals surface area contributed by atoms with Gasteiger partial charge in [0, 0.05) is 18.2 Å². The van der Waals surface area contributed by atoms with Crippen molar-refractivity contribution in [3.8, 4) is 0 Å². The summed E-state index contributed by atoms with van der Waals surface area (Å²) >= 11 is 0. The maximum atomic E-state index is 12.0. The molecule has 2 N–H and O–H groups in total. The summed E-state index contributed by atoms with van der Waals surface area (Å²) in [7, 11) is 0. The second kappa shape index (κ2) is 6.52. The average Bonchev–Trinajstić information content (AvgIpc) is 2.91. The molecule has 1 aliphatic heterocycles. The van der Waals surface area contributed by atoms with Crippen molar-refractivity contribution in [1.82, 2.24) is 10.2 Å². The Morgan fingerprint density at radius 3 is 2.30 bits per heavy atom. The minimum atomic E-state index is -0.987. The highest BCUT2D eigenvalue weighted by Crippen LogP contribution is 2.08. The van der Waals surface area contributed by atoms with Crippen molar-refractivity contribution >= 4 is 11.9 Å². The van der Waals surface area contributed by atoms with Crippen molar-refractivity contribution in [2.24, 2.45) is 0 Å². The first-order chi connectivity index (χ1) is 9.56. The van der Waals surface area contributed by atoms with Gasteiger partial charge >= 0.3 is 5.97 Å². The number of amides is 1. The predicted octanol–water partition coefficient (Wildman–Crippen LogP) is 1.60. The fourth-order valence-electron chi connectivity index (χ4n) is 2.47. The molecule has 1 atom stereocenters. The molecule has 0 aliphatic carbocycles. The molecular formula is C15H20N2O3. The number of carbonyl (C=O) groups excluding carboxylic acids is 1. The number of nitrogens with zero attached hydrogens (tertiary/aromatic N) is 1. The van der Waals surface area contributed by atoms with Crippen molar-refractivity contribution in [3.63, 3.8) is 0 Å². The molecule has 5 nitrogen and oxygen atoms in total. The first-order valence-corrected chi connectivity index (χ1v) is 6.93. The van der Waals surface area contributed by atoms with E-state index in [1.165, 1.54) is 25.0 Å². The molecule has 1 amide bonds. The molecule has 1 unspecified atom stereocenters. The Morgan fingerprint density at radius 1 is 1.20 bits per heavy atom. The molecule has 1 saturated heterocycles. The van der Waals surface area contributed by atoms with Crippen molar-refractivity contribution in [2.45, 2.75) is 25.8 Å². The summed E-state index contributed by atoms with van der Waals surface area (Å²) in [5, 5.41) is 11.8. The maximum Gasteiger partial charge on any atom is 0.335 e. The van der Waals surface area contributed by atoms with Crippen molar-refractivity contribution in [3.05, 3.63) is 35.4 Å². The zero-order valence-corrected chi connectivity index (χ0v) is 11.6. The van der Waals surface area contributed by atoms with Gasteiger partial charge in [0.05, 0.1) is 5.56 Å². The number of hydrogen-bond acceptors (Lipinski definition) is 3. The highest BCUT2D eigenvalue weighted by Gasteiger charge is 2.16. The first-order valence-electron chi connectivity index (χ1n) is 6.93. The van der Waals surface area contributed by atoms with Gasteiger partial charge in [-0.05, 0) is 57.1 Å². The molecule has 2 rings (SSSR count). The molecular weight excluding hydrogens is 256 g/mol. The van der Waals surface area contributed by atoms with E-state index in [0.717, 1.165) is 19.6 Å². The molecule has 1 fully saturated rings. The van der Waals surface area contributed by atoms with Gasteiger partial charge in [-0.15, -0.1) is 0 Å². The van der Waals surface area contributed by atoms with Crippen LogP contribution in [0.2, 0.25) is 0 Å². The molecule has 1 aromatic rings. The summed E-state index contributed by atoms with van der Waals surface area (Å²) in [6, 6.07) is 6.06. The first kappa shape index (κ1) is 14.5. The molecule has 1 heterocycles. The van der Waals surface area contributed by atoms with Crippen LogP contribution >= 0.6 is 0 Å². The molecule has 1 aliphatic rings. The number of carboxylic acids is 1. The van der Waals surface area contributed by atoms with Gasteiger partial charge in [0.1, 0.15) is 0 Å². The number of likely N-dealkylation sites (tertiary alicyclic amines) is 1. The fraction of sp³-hybridized carbons (Fsp3) is 0.467. The SMILES string of the molecule is CC(CN1CCCC1)NC(=O)c1ccc(C(=O)O)cc1. The summed E-state index contributed by atoms with van der Waals surface area (Å²) in [6.07, 6.45) is 2.47. The van der Waals surface area contributed by atoms with Crippen LogP contribution < -0.4 is 5.32 Å². The molecule has 0 spiro atoms. The quantitative estimate of drug-likeness (QED) is 0.857. The van der Waals surface area contributed by atoms with E-state index in [-0.39, 0.29) is 17.5 Å². The molecule has 0 saturated carbocycles. The van der Waals surface area contributed by atoms with E-state index in [2.05, 4.69) is 10.2 Å². The molecule has 5 heteroatoms. The van der Waals surface area contributed by atoms with Crippen LogP contribution in [0.15, 0.2) is 24.3 Å². The van der Waals surface area contributed by atoms with Gasteiger partial charge in [-0.2, -0.15) is 0 Å². The lowest BCUT2D eigenvalue weighted by atomic mass is 10.1. The Hall–Kier alpha value is -1.88. The zero-order chi connectivity index (χ0) is 14.5. The molecule has 1 aromatic carbocycles. The standard InChI is InChI=1S/C15H20N2O3/c1-11(10-17-8-2-3-9-17)16-14(18)12-4-6-13(7-5-12)15(19)20/h4-7,11H,2-3,8-10H2,1H3,(H,16,18)(H,19,20). The number of benzene rings is 1. The largest absolute Gasteiger partial charge is 0.478 e. The Morgan fingerprint density at radius 2 is 1.75 bits per heavy atom. The van der Waals surface area contributed by atoms with E-state index >= 15 is 0 Å². The zero-order valence-electron chi connectivity index (χ0n) is 11.6. The van der Waals surface area contributed by atoms with Crippen molar-refractivity contribution in [2.75, 3.05) is 19.6 Å². The Balaban J connectivity index is 1.88. The lowest BCUT2D eigenvalue weighted by Crippen LogP contribution is -2.41. The minimum absolute atomic E-state index is 0.0831. The molecule has 0 aromatic heterocycles. The fourth-order valence-corrected chi connectivity index (χ4v) is 2.47. The molecule has 0 bridgehead atoms. The third kappa shape index (κ3) is 3.81. The summed E-state index contributed by atoms with van der Waals surface area (Å²) in [4.78, 5) is 25.1. The van der Waals surface area contributed by atoms with Crippen LogP contribution in [0.3, 0.4) is 0 Å². The topological polar surface area (TPSA) is 69.6 Å². The molecule has 108 valence electrons. The normalized spacial score (nSPS) is 16.9. The number of nitrogens with one attached hydrogen (secondary N) is 1. The lowest BCUT2D eigenvalue weighted by molar-refractivity contribution is 0.0696. The van der Waals surface area contributed by atoms with Crippen LogP contribution in [-0.4, -0.2) is 47.6 Å². The number of hydrogen-bond donors (Lipinski definition) is 2. The number of carbonyl (C=O) groups is 2. The van der Waals surface area contributed by atoms with E-state index in [4.69, 9.17) is 5.11 Å². The number of aromatic carboxylic acids is 1. The van der Waals surface area contributed by atoms with Crippen LogP contribution in [0.4, 0.5) is 0 Å². The van der Waals surface area contributed by atoms with Crippen LogP contribution in [0.5, 0.6) is 0 Å². The third-order valence-electron chi connectivity index (χ3n) is 3.50. The van der Waals surface area contributed by atoms with Gasteiger partial charge in [-0.1, -0.05) is 0 Å². The van der Waals surface area contributed by atoms with E-state index in [9.17, 15) is 9.59 Å². The Kier molecular flexibility index (Phi) is 4.74. The second-order valence-electron chi connectivity index (χ2n) is 5.26. The van der Waals surface area contributed by atoms with Gasteiger partial charge in [0.15, 0.2) is 0 Å². The monoisotopic (exact) mass is 276 g/mol. The second-order valence-corrected chi connectivity index (χ2v) is 5.26. The summed E-state index contributed by atoms with van der Waals surface area (Å²) in [6.45, 7) is 5.06. The summed E-state index contributed by atoms with van der Waals surface area (Å²) < 4.78 is 0. The van der Waals surface area contributed by atoms with Gasteiger partial charge in [0.2, 0.25) is 0 Å². The third-order valence-corrected chi connectivity index (χ3v) is 3.50. The van der Waals surface area contributed by atoms with Crippen LogP contribution in [0.1, 0.15) is 40.5 Å². The minimum Gasteiger partial charge on any atom is -0.478 e. The van der Waals surface area contributed by atoms with Crippen molar-refractivity contribution < 1.29 is 14.7 Å². The smallest absolute Gasteiger partial charge is 0.335 e. The maximum absolute atomic E-state index is 12.0. The van der Waals surface area contributed by atoms with E-state index in [0.29, 0.717) is 5.56 Å². The van der Waals surface area contributed by atoms with Gasteiger partial charge in [-0.3, -0.25) is 4.79 Å². The lowest BCUT2D eigenvalue weighted by Gasteiger charge is -2.21. The number of rotatable bonds is 5. The number of carboxylic acid groups (broad SMARTS) is 1. The van der Waals surface area contributed by atoms with Gasteiger partial charge in [-0.25, -0.2) is 4.79 Å².